The van der Waals surface area contributed by atoms with E-state index in [-0.39, 0.29) is 16.6 Å². The highest BCUT2D eigenvalue weighted by molar-refractivity contribution is 6.19. The molecule has 0 radical (unpaired) electrons. The lowest BCUT2D eigenvalue weighted by molar-refractivity contribution is 0.476. The number of imidazole rings is 1. The number of rotatable bonds is 5. The first-order chi connectivity index (χ1) is 28.4. The fourth-order valence-corrected chi connectivity index (χ4v) is 8.47. The molecule has 3 heterocycles. The van der Waals surface area contributed by atoms with Crippen LogP contribution in [0.4, 0.5) is 0 Å². The fourth-order valence-electron chi connectivity index (χ4n) is 8.47. The third-order valence-electron chi connectivity index (χ3n) is 11.7. The second-order valence-electron chi connectivity index (χ2n) is 17.7. The predicted octanol–water partition coefficient (Wildman–Crippen LogP) is 14.4. The van der Waals surface area contributed by atoms with Crippen LogP contribution in [0.15, 0.2) is 162 Å². The van der Waals surface area contributed by atoms with Crippen LogP contribution in [0.2, 0.25) is 0 Å². The molecule has 0 fully saturated rings. The van der Waals surface area contributed by atoms with Crippen LogP contribution >= 0.6 is 0 Å². The Kier molecular flexibility index (Phi) is 8.36. The van der Waals surface area contributed by atoms with Crippen LogP contribution in [0.3, 0.4) is 0 Å². The Hall–Kier alpha value is -6.98. The van der Waals surface area contributed by atoms with Crippen molar-refractivity contribution in [3.63, 3.8) is 0 Å². The van der Waals surface area contributed by atoms with Crippen LogP contribution in [0.5, 0.6) is 5.75 Å². The standard InChI is InChI=1S/C54H45N3O2/c1-53(2,3)37-23-24-45(41(29-37)33-14-8-7-9-15-33)57-46-21-13-20-40(35-17-12-18-36(28-35)44-30-38(26-27-55-44)54(4,5)6)51(46)56-52(57)42-31-43-49(32-47(42)58)59-48-25-22-34-16-10-11-19-39(34)50(43)48/h7-32,58H,1-6H3. The number of furan rings is 1. The van der Waals surface area contributed by atoms with Crippen molar-refractivity contribution in [3.8, 4) is 56.3 Å². The molecule has 0 aliphatic carbocycles. The Morgan fingerprint density at radius 1 is 0.542 bits per heavy atom. The number of phenolic OH excluding ortho intramolecular Hbond substituents is 1. The van der Waals surface area contributed by atoms with E-state index >= 15 is 0 Å². The third-order valence-corrected chi connectivity index (χ3v) is 11.7. The van der Waals surface area contributed by atoms with Crippen LogP contribution in [0, 0.1) is 0 Å². The van der Waals surface area contributed by atoms with Crippen LogP contribution in [-0.2, 0) is 10.8 Å². The quantitative estimate of drug-likeness (QED) is 0.189. The van der Waals surface area contributed by atoms with Gasteiger partial charge in [-0.2, -0.15) is 0 Å². The van der Waals surface area contributed by atoms with Crippen molar-refractivity contribution in [3.05, 3.63) is 169 Å². The number of aromatic nitrogens is 3. The largest absolute Gasteiger partial charge is 0.507 e. The molecule has 0 amide bonds. The molecule has 5 nitrogen and oxygen atoms in total. The van der Waals surface area contributed by atoms with Crippen molar-refractivity contribution >= 4 is 43.7 Å². The molecule has 0 aliphatic rings. The zero-order valence-electron chi connectivity index (χ0n) is 34.2. The summed E-state index contributed by atoms with van der Waals surface area (Å²) in [6.45, 7) is 13.4. The van der Waals surface area contributed by atoms with E-state index in [0.717, 1.165) is 77.4 Å². The summed E-state index contributed by atoms with van der Waals surface area (Å²) < 4.78 is 8.62. The van der Waals surface area contributed by atoms with E-state index in [9.17, 15) is 5.11 Å². The summed E-state index contributed by atoms with van der Waals surface area (Å²) in [5, 5.41) is 16.2. The first-order valence-corrected chi connectivity index (χ1v) is 20.3. The third kappa shape index (κ3) is 6.25. The second-order valence-corrected chi connectivity index (χ2v) is 17.7. The highest BCUT2D eigenvalue weighted by atomic mass is 16.3. The molecule has 0 saturated heterocycles. The van der Waals surface area contributed by atoms with E-state index in [0.29, 0.717) is 17.0 Å². The number of fused-ring (bicyclic) bond motifs is 6. The van der Waals surface area contributed by atoms with E-state index in [2.05, 4.69) is 186 Å². The van der Waals surface area contributed by atoms with Gasteiger partial charge in [0.1, 0.15) is 22.7 Å². The van der Waals surface area contributed by atoms with Crippen LogP contribution in [0.1, 0.15) is 52.7 Å². The predicted molar refractivity (Wildman–Crippen MR) is 244 cm³/mol. The molecule has 7 aromatic carbocycles. The number of benzene rings is 7. The summed E-state index contributed by atoms with van der Waals surface area (Å²) >= 11 is 0. The summed E-state index contributed by atoms with van der Waals surface area (Å²) in [5.74, 6) is 0.733. The molecule has 3 aromatic heterocycles. The first-order valence-electron chi connectivity index (χ1n) is 20.3. The maximum Gasteiger partial charge on any atom is 0.149 e. The minimum Gasteiger partial charge on any atom is -0.507 e. The molecule has 10 aromatic rings. The van der Waals surface area contributed by atoms with Gasteiger partial charge in [0.05, 0.1) is 28.0 Å². The minimum absolute atomic E-state index is 0.00175. The van der Waals surface area contributed by atoms with Gasteiger partial charge in [0.15, 0.2) is 0 Å². The number of nitrogens with zero attached hydrogens (tertiary/aromatic N) is 3. The molecule has 1 N–H and O–H groups in total. The Bertz CT molecular complexity index is 3250. The molecule has 0 spiro atoms. The highest BCUT2D eigenvalue weighted by Crippen LogP contribution is 2.45. The fraction of sp³-hybridized carbons (Fsp3) is 0.148. The maximum atomic E-state index is 12.0. The summed E-state index contributed by atoms with van der Waals surface area (Å²) in [5.41, 5.74) is 13.3. The molecule has 288 valence electrons. The van der Waals surface area contributed by atoms with Gasteiger partial charge in [0, 0.05) is 39.7 Å². The number of phenols is 1. The number of hydrogen-bond acceptors (Lipinski definition) is 4. The van der Waals surface area contributed by atoms with Crippen molar-refractivity contribution in [1.29, 1.82) is 0 Å². The van der Waals surface area contributed by atoms with Crippen LogP contribution in [-0.4, -0.2) is 19.6 Å². The van der Waals surface area contributed by atoms with Crippen molar-refractivity contribution < 1.29 is 9.52 Å². The lowest BCUT2D eigenvalue weighted by Gasteiger charge is -2.23. The summed E-state index contributed by atoms with van der Waals surface area (Å²) in [6, 6.07) is 52.8. The van der Waals surface area contributed by atoms with Gasteiger partial charge >= 0.3 is 0 Å². The summed E-state index contributed by atoms with van der Waals surface area (Å²) in [7, 11) is 0. The zero-order chi connectivity index (χ0) is 40.6. The van der Waals surface area contributed by atoms with Gasteiger partial charge in [-0.05, 0) is 92.4 Å². The average Bonchev–Trinajstić information content (AvgIpc) is 3.81. The summed E-state index contributed by atoms with van der Waals surface area (Å²) in [4.78, 5) is 10.3. The number of hydrogen-bond donors (Lipinski definition) is 1. The van der Waals surface area contributed by atoms with Gasteiger partial charge in [0.25, 0.3) is 0 Å². The first kappa shape index (κ1) is 36.4. The van der Waals surface area contributed by atoms with Crippen molar-refractivity contribution in [1.82, 2.24) is 14.5 Å². The number of pyridine rings is 1. The topological polar surface area (TPSA) is 64.1 Å². The molecule has 0 atom stereocenters. The number of aromatic hydroxyl groups is 1. The molecule has 0 aliphatic heterocycles. The van der Waals surface area contributed by atoms with Crippen molar-refractivity contribution in [2.45, 2.75) is 52.4 Å². The van der Waals surface area contributed by atoms with Gasteiger partial charge in [0.2, 0.25) is 0 Å². The molecule has 0 saturated carbocycles. The van der Waals surface area contributed by atoms with Gasteiger partial charge < -0.3 is 9.52 Å². The van der Waals surface area contributed by atoms with Crippen molar-refractivity contribution in [2.75, 3.05) is 0 Å². The second kappa shape index (κ2) is 13.6. The molecular formula is C54H45N3O2. The lowest BCUT2D eigenvalue weighted by atomic mass is 9.85. The van der Waals surface area contributed by atoms with E-state index < -0.39 is 0 Å². The normalized spacial score (nSPS) is 12.3. The Labute approximate surface area is 344 Å². The average molecular weight is 768 g/mol. The van der Waals surface area contributed by atoms with E-state index in [4.69, 9.17) is 14.4 Å². The Balaban J connectivity index is 1.27. The van der Waals surface area contributed by atoms with Crippen LogP contribution in [0.25, 0.3) is 94.3 Å². The Morgan fingerprint density at radius 3 is 2.08 bits per heavy atom. The minimum atomic E-state index is -0.0737. The molecule has 59 heavy (non-hydrogen) atoms. The monoisotopic (exact) mass is 767 g/mol. The number of para-hydroxylation sites is 1. The van der Waals surface area contributed by atoms with Gasteiger partial charge in [-0.25, -0.2) is 4.98 Å². The van der Waals surface area contributed by atoms with E-state index in [1.54, 1.807) is 6.07 Å². The molecule has 10 rings (SSSR count). The molecule has 5 heteroatoms. The molecule has 0 unspecified atom stereocenters. The highest BCUT2D eigenvalue weighted by Gasteiger charge is 2.25. The SMILES string of the molecule is CC(C)(C)c1ccnc(-c2cccc(-c3cccc4c3nc(-c3cc5c(cc3O)oc3ccc6ccccc6c35)n4-c3ccc(C(C)(C)C)cc3-c3ccccc3)c2)c1. The van der Waals surface area contributed by atoms with E-state index in [1.165, 1.54) is 11.1 Å². The van der Waals surface area contributed by atoms with Crippen molar-refractivity contribution in [2.24, 2.45) is 0 Å². The van der Waals surface area contributed by atoms with E-state index in [1.807, 2.05) is 12.3 Å². The van der Waals surface area contributed by atoms with Gasteiger partial charge in [-0.3, -0.25) is 9.55 Å². The van der Waals surface area contributed by atoms with Gasteiger partial charge in [-0.1, -0.05) is 139 Å². The lowest BCUT2D eigenvalue weighted by Crippen LogP contribution is -2.12. The maximum absolute atomic E-state index is 12.0. The molecule has 0 bridgehead atoms. The summed E-state index contributed by atoms with van der Waals surface area (Å²) in [6.07, 6.45) is 1.90. The van der Waals surface area contributed by atoms with Crippen LogP contribution < -0.4 is 0 Å². The molecular weight excluding hydrogens is 723 g/mol. The zero-order valence-corrected chi connectivity index (χ0v) is 34.2. The smallest absolute Gasteiger partial charge is 0.149 e. The van der Waals surface area contributed by atoms with Gasteiger partial charge in [-0.15, -0.1) is 0 Å². The Morgan fingerprint density at radius 2 is 1.27 bits per heavy atom.